The summed E-state index contributed by atoms with van der Waals surface area (Å²) in [6.45, 7) is 3.92. The first-order valence-corrected chi connectivity index (χ1v) is 8.19. The van der Waals surface area contributed by atoms with Crippen LogP contribution < -0.4 is 4.72 Å². The molecule has 1 aromatic rings. The Balaban J connectivity index is 2.11. The lowest BCUT2D eigenvalue weighted by molar-refractivity contribution is -0.117. The van der Waals surface area contributed by atoms with E-state index in [4.69, 9.17) is 0 Å². The molecule has 0 saturated carbocycles. The van der Waals surface area contributed by atoms with E-state index in [-0.39, 0.29) is 17.0 Å². The zero-order valence-electron chi connectivity index (χ0n) is 11.7. The first-order valence-electron chi connectivity index (χ1n) is 6.54. The van der Waals surface area contributed by atoms with Crippen molar-refractivity contribution >= 4 is 15.8 Å². The molecule has 108 valence electrons. The van der Waals surface area contributed by atoms with Gasteiger partial charge in [-0.1, -0.05) is 44.2 Å². The summed E-state index contributed by atoms with van der Waals surface area (Å²) in [6, 6.07) is 8.98. The smallest absolute Gasteiger partial charge is 0.236 e. The summed E-state index contributed by atoms with van der Waals surface area (Å²) in [7, 11) is -3.48. The highest BCUT2D eigenvalue weighted by Crippen LogP contribution is 2.32. The summed E-state index contributed by atoms with van der Waals surface area (Å²) >= 11 is 0. The highest BCUT2D eigenvalue weighted by atomic mass is 32.2. The van der Waals surface area contributed by atoms with E-state index in [1.165, 1.54) is 6.08 Å². The molecule has 2 rings (SSSR count). The van der Waals surface area contributed by atoms with Crippen molar-refractivity contribution in [3.63, 3.8) is 0 Å². The summed E-state index contributed by atoms with van der Waals surface area (Å²) in [6.07, 6.45) is 2.43. The monoisotopic (exact) mass is 293 g/mol. The maximum atomic E-state index is 12.1. The fourth-order valence-electron chi connectivity index (χ4n) is 2.44. The summed E-state index contributed by atoms with van der Waals surface area (Å²) in [5.74, 6) is -0.113. The van der Waals surface area contributed by atoms with Crippen LogP contribution in [0.3, 0.4) is 0 Å². The first-order chi connectivity index (χ1) is 9.26. The number of allylic oxidation sites excluding steroid dienone is 2. The number of carbonyl (C=O) groups excluding carboxylic acids is 1. The second-order valence-corrected chi connectivity index (χ2v) is 7.72. The van der Waals surface area contributed by atoms with Gasteiger partial charge in [0.15, 0.2) is 5.78 Å². The predicted octanol–water partition coefficient (Wildman–Crippen LogP) is 2.38. The molecule has 0 atom stereocenters. The fourth-order valence-corrected chi connectivity index (χ4v) is 3.68. The molecule has 0 fully saturated rings. The minimum Gasteiger partial charge on any atom is -0.295 e. The van der Waals surface area contributed by atoms with Crippen LogP contribution in [0.4, 0.5) is 0 Å². The van der Waals surface area contributed by atoms with Crippen molar-refractivity contribution in [1.29, 1.82) is 0 Å². The molecular weight excluding hydrogens is 274 g/mol. The molecule has 0 aliphatic heterocycles. The largest absolute Gasteiger partial charge is 0.295 e. The van der Waals surface area contributed by atoms with Crippen LogP contribution in [-0.2, 0) is 20.6 Å². The van der Waals surface area contributed by atoms with Crippen molar-refractivity contribution in [1.82, 2.24) is 4.72 Å². The number of nitrogens with one attached hydrogen (secondary N) is 1. The van der Waals surface area contributed by atoms with Gasteiger partial charge < -0.3 is 0 Å². The highest BCUT2D eigenvalue weighted by molar-refractivity contribution is 7.88. The molecule has 0 aromatic heterocycles. The number of sulfonamides is 1. The molecule has 4 nitrogen and oxygen atoms in total. The third kappa shape index (κ3) is 4.20. The molecule has 0 radical (unpaired) electrons. The van der Waals surface area contributed by atoms with Gasteiger partial charge in [0.2, 0.25) is 10.0 Å². The molecule has 0 unspecified atom stereocenters. The van der Waals surface area contributed by atoms with E-state index >= 15 is 0 Å². The van der Waals surface area contributed by atoms with E-state index in [0.29, 0.717) is 18.5 Å². The van der Waals surface area contributed by atoms with Crippen molar-refractivity contribution in [2.24, 2.45) is 5.41 Å². The molecule has 20 heavy (non-hydrogen) atoms. The zero-order valence-corrected chi connectivity index (χ0v) is 12.5. The predicted molar refractivity (Wildman–Crippen MR) is 78.3 cm³/mol. The van der Waals surface area contributed by atoms with E-state index < -0.39 is 10.0 Å². The van der Waals surface area contributed by atoms with Gasteiger partial charge in [0.05, 0.1) is 5.75 Å². The van der Waals surface area contributed by atoms with Crippen molar-refractivity contribution < 1.29 is 13.2 Å². The van der Waals surface area contributed by atoms with Gasteiger partial charge in [-0.25, -0.2) is 8.42 Å². The molecule has 0 spiro atoms. The number of hydrogen-bond acceptors (Lipinski definition) is 3. The Hall–Kier alpha value is -1.62. The molecule has 1 N–H and O–H groups in total. The minimum absolute atomic E-state index is 0.0290. The maximum absolute atomic E-state index is 12.1. The van der Waals surface area contributed by atoms with Crippen molar-refractivity contribution in [3.8, 4) is 0 Å². The Morgan fingerprint density at radius 3 is 2.40 bits per heavy atom. The van der Waals surface area contributed by atoms with Gasteiger partial charge in [-0.2, -0.15) is 0 Å². The van der Waals surface area contributed by atoms with E-state index in [1.54, 1.807) is 24.3 Å². The van der Waals surface area contributed by atoms with Gasteiger partial charge >= 0.3 is 0 Å². The Morgan fingerprint density at radius 2 is 1.80 bits per heavy atom. The lowest BCUT2D eigenvalue weighted by Gasteiger charge is -2.29. The minimum atomic E-state index is -3.48. The molecular formula is C15H19NO3S. The Bertz CT molecular complexity index is 630. The molecule has 0 bridgehead atoms. The van der Waals surface area contributed by atoms with Gasteiger partial charge in [-0.05, 0) is 17.4 Å². The molecule has 1 aromatic carbocycles. The Morgan fingerprint density at radius 1 is 1.15 bits per heavy atom. The lowest BCUT2D eigenvalue weighted by atomic mass is 9.79. The number of hydrogen-bond donors (Lipinski definition) is 1. The average molecular weight is 293 g/mol. The number of carbonyl (C=O) groups is 1. The van der Waals surface area contributed by atoms with Crippen LogP contribution in [0.25, 0.3) is 0 Å². The zero-order chi connectivity index (χ0) is 14.8. The van der Waals surface area contributed by atoms with E-state index in [0.717, 1.165) is 5.56 Å². The van der Waals surface area contributed by atoms with Crippen LogP contribution >= 0.6 is 0 Å². The summed E-state index contributed by atoms with van der Waals surface area (Å²) < 4.78 is 26.8. The second kappa shape index (κ2) is 5.40. The van der Waals surface area contributed by atoms with E-state index in [1.807, 2.05) is 19.9 Å². The van der Waals surface area contributed by atoms with Crippen molar-refractivity contribution in [3.05, 3.63) is 47.7 Å². The normalized spacial score (nSPS) is 18.5. The summed E-state index contributed by atoms with van der Waals surface area (Å²) in [4.78, 5) is 11.6. The number of benzene rings is 1. The molecule has 1 aliphatic rings. The van der Waals surface area contributed by atoms with Crippen LogP contribution in [-0.4, -0.2) is 14.2 Å². The van der Waals surface area contributed by atoms with Gasteiger partial charge in [0.25, 0.3) is 0 Å². The van der Waals surface area contributed by atoms with E-state index in [9.17, 15) is 13.2 Å². The fraction of sp³-hybridized carbons (Fsp3) is 0.400. The van der Waals surface area contributed by atoms with Gasteiger partial charge in [-0.3, -0.25) is 9.52 Å². The first kappa shape index (κ1) is 14.8. The van der Waals surface area contributed by atoms with Gasteiger partial charge in [0, 0.05) is 18.2 Å². The van der Waals surface area contributed by atoms with Crippen LogP contribution in [0.1, 0.15) is 32.3 Å². The van der Waals surface area contributed by atoms with Gasteiger partial charge in [-0.15, -0.1) is 0 Å². The standard InChI is InChI=1S/C15H19NO3S/c1-15(2)9-13(8-14(17)10-15)16-20(18,19)11-12-6-4-3-5-7-12/h3-8,16H,9-11H2,1-2H3. The second-order valence-electron chi connectivity index (χ2n) is 6.00. The third-order valence-electron chi connectivity index (χ3n) is 3.14. The van der Waals surface area contributed by atoms with Crippen LogP contribution in [0.2, 0.25) is 0 Å². The molecule has 0 saturated heterocycles. The SMILES string of the molecule is CC1(C)CC(=O)C=C(NS(=O)(=O)Cc2ccccc2)C1. The Labute approximate surface area is 119 Å². The average Bonchev–Trinajstić information content (AvgIpc) is 2.25. The maximum Gasteiger partial charge on any atom is 0.236 e. The topological polar surface area (TPSA) is 63.2 Å². The van der Waals surface area contributed by atoms with Crippen LogP contribution in [0, 0.1) is 5.41 Å². The van der Waals surface area contributed by atoms with Crippen molar-refractivity contribution in [2.45, 2.75) is 32.4 Å². The third-order valence-corrected chi connectivity index (χ3v) is 4.43. The molecule has 0 heterocycles. The Kier molecular flexibility index (Phi) is 3.99. The lowest BCUT2D eigenvalue weighted by Crippen LogP contribution is -2.32. The molecule has 5 heteroatoms. The quantitative estimate of drug-likeness (QED) is 0.927. The van der Waals surface area contributed by atoms with Crippen LogP contribution in [0.5, 0.6) is 0 Å². The van der Waals surface area contributed by atoms with Gasteiger partial charge in [0.1, 0.15) is 0 Å². The summed E-state index contributed by atoms with van der Waals surface area (Å²) in [5.41, 5.74) is 1.01. The van der Waals surface area contributed by atoms with Crippen LogP contribution in [0.15, 0.2) is 42.1 Å². The highest BCUT2D eigenvalue weighted by Gasteiger charge is 2.29. The number of rotatable bonds is 4. The summed E-state index contributed by atoms with van der Waals surface area (Å²) in [5, 5.41) is 0. The number of ketones is 1. The molecule has 1 aliphatic carbocycles. The molecule has 0 amide bonds. The van der Waals surface area contributed by atoms with E-state index in [2.05, 4.69) is 4.72 Å². The van der Waals surface area contributed by atoms with Crippen molar-refractivity contribution in [2.75, 3.05) is 0 Å².